The molecule has 4 nitrogen and oxygen atoms in total. The number of nitrogens with zero attached hydrogens (tertiary/aromatic N) is 4. The molecule has 3 aromatic rings. The lowest BCUT2D eigenvalue weighted by Gasteiger charge is -2.30. The number of halogens is 3. The fourth-order valence-electron chi connectivity index (χ4n) is 4.13. The Hall–Kier alpha value is -2.45. The van der Waals surface area contributed by atoms with Crippen LogP contribution in [0.4, 0.5) is 24.5 Å². The zero-order valence-electron chi connectivity index (χ0n) is 18.6. The van der Waals surface area contributed by atoms with Gasteiger partial charge in [0.15, 0.2) is 0 Å². The van der Waals surface area contributed by atoms with Gasteiger partial charge in [0.1, 0.15) is 0 Å². The van der Waals surface area contributed by atoms with Gasteiger partial charge < -0.3 is 9.80 Å². The van der Waals surface area contributed by atoms with Crippen molar-refractivity contribution in [2.24, 2.45) is 0 Å². The number of anilines is 2. The summed E-state index contributed by atoms with van der Waals surface area (Å²) in [5.74, 6) is 0. The number of hydrogen-bond donors (Lipinski definition) is 0. The highest BCUT2D eigenvalue weighted by atomic mass is 32.2. The zero-order chi connectivity index (χ0) is 23.1. The van der Waals surface area contributed by atoms with Gasteiger partial charge in [0, 0.05) is 60.6 Å². The van der Waals surface area contributed by atoms with Crippen molar-refractivity contribution < 1.29 is 13.2 Å². The third-order valence-electron chi connectivity index (χ3n) is 5.90. The molecule has 0 aliphatic carbocycles. The first-order valence-electron chi connectivity index (χ1n) is 10.4. The number of aromatic nitrogens is 1. The molecule has 0 spiro atoms. The van der Waals surface area contributed by atoms with Gasteiger partial charge >= 0.3 is 5.51 Å². The van der Waals surface area contributed by atoms with Gasteiger partial charge in [0.2, 0.25) is 0 Å². The van der Waals surface area contributed by atoms with Crippen molar-refractivity contribution in [2.45, 2.75) is 36.3 Å². The van der Waals surface area contributed by atoms with Crippen molar-refractivity contribution in [3.8, 4) is 0 Å². The van der Waals surface area contributed by atoms with Crippen molar-refractivity contribution in [1.29, 1.82) is 0 Å². The quantitative estimate of drug-likeness (QED) is 0.436. The van der Waals surface area contributed by atoms with Crippen LogP contribution in [0.2, 0.25) is 0 Å². The van der Waals surface area contributed by atoms with Gasteiger partial charge in [-0.15, -0.1) is 0 Å². The van der Waals surface area contributed by atoms with Crippen LogP contribution in [0.25, 0.3) is 10.9 Å². The van der Waals surface area contributed by atoms with Gasteiger partial charge in [0.25, 0.3) is 0 Å². The van der Waals surface area contributed by atoms with E-state index in [-0.39, 0.29) is 22.2 Å². The van der Waals surface area contributed by atoms with Gasteiger partial charge in [-0.3, -0.25) is 9.88 Å². The van der Waals surface area contributed by atoms with E-state index in [0.717, 1.165) is 35.4 Å². The molecule has 1 saturated heterocycles. The van der Waals surface area contributed by atoms with E-state index in [0.29, 0.717) is 6.67 Å². The molecule has 0 atom stereocenters. The van der Waals surface area contributed by atoms with E-state index in [1.807, 2.05) is 20.3 Å². The summed E-state index contributed by atoms with van der Waals surface area (Å²) >= 11 is -0.0800. The van der Waals surface area contributed by atoms with Crippen molar-refractivity contribution in [2.75, 3.05) is 37.1 Å². The molecule has 1 aliphatic rings. The Bertz CT molecular complexity index is 1100. The highest BCUT2D eigenvalue weighted by Gasteiger charge is 2.37. The predicted octanol–water partition coefficient (Wildman–Crippen LogP) is 5.97. The lowest BCUT2D eigenvalue weighted by molar-refractivity contribution is -0.0328. The van der Waals surface area contributed by atoms with E-state index in [2.05, 4.69) is 57.8 Å². The Morgan fingerprint density at radius 3 is 2.44 bits per heavy atom. The average molecular weight is 461 g/mol. The summed E-state index contributed by atoms with van der Waals surface area (Å²) in [6.45, 7) is 6.68. The number of benzene rings is 2. The third kappa shape index (κ3) is 4.96. The Kier molecular flexibility index (Phi) is 6.02. The maximum absolute atomic E-state index is 12.6. The molecule has 0 unspecified atom stereocenters. The van der Waals surface area contributed by atoms with Crippen LogP contribution in [-0.2, 0) is 6.54 Å². The van der Waals surface area contributed by atoms with E-state index < -0.39 is 5.51 Å². The summed E-state index contributed by atoms with van der Waals surface area (Å²) in [5.41, 5.74) is -0.121. The number of fused-ring (bicyclic) bond motifs is 1. The fraction of sp³-hybridized carbons (Fsp3) is 0.375. The van der Waals surface area contributed by atoms with E-state index in [4.69, 9.17) is 0 Å². The van der Waals surface area contributed by atoms with E-state index >= 15 is 0 Å². The lowest BCUT2D eigenvalue weighted by atomic mass is 10.0. The Morgan fingerprint density at radius 1 is 1.06 bits per heavy atom. The number of hydrogen-bond acceptors (Lipinski definition) is 5. The van der Waals surface area contributed by atoms with Crippen molar-refractivity contribution in [1.82, 2.24) is 9.88 Å². The highest BCUT2D eigenvalue weighted by Crippen LogP contribution is 2.38. The normalized spacial score (nSPS) is 16.7. The molecule has 8 heteroatoms. The molecule has 1 fully saturated rings. The molecule has 0 radical (unpaired) electrons. The second kappa shape index (κ2) is 8.48. The molecular formula is C24H27F3N4S. The van der Waals surface area contributed by atoms with Crippen LogP contribution < -0.4 is 9.80 Å². The summed E-state index contributed by atoms with van der Waals surface area (Å²) in [5, 5.41) is 1.14. The van der Waals surface area contributed by atoms with Gasteiger partial charge in [-0.2, -0.15) is 13.2 Å². The Balaban J connectivity index is 1.53. The summed E-state index contributed by atoms with van der Waals surface area (Å²) in [6, 6.07) is 15.0. The molecule has 0 bridgehead atoms. The van der Waals surface area contributed by atoms with Crippen molar-refractivity contribution in [3.63, 3.8) is 0 Å². The SMILES string of the molecule is CN(C)c1ccc2c(CN3CN(c4ccc(SC(F)(F)F)cc4)CC3(C)C)ccnc2c1. The molecule has 1 aliphatic heterocycles. The lowest BCUT2D eigenvalue weighted by Crippen LogP contribution is -2.39. The molecule has 1 aromatic heterocycles. The molecule has 0 amide bonds. The summed E-state index contributed by atoms with van der Waals surface area (Å²) < 4.78 is 37.8. The molecule has 2 aromatic carbocycles. The Morgan fingerprint density at radius 2 is 1.78 bits per heavy atom. The molecule has 170 valence electrons. The Labute approximate surface area is 191 Å². The second-order valence-electron chi connectivity index (χ2n) is 8.96. The minimum atomic E-state index is -4.27. The standard InChI is InChI=1S/C24H27F3N4S/c1-23(2)15-30(18-5-8-20(9-6-18)32-24(25,26)27)16-31(23)14-17-11-12-28-22-13-19(29(3)4)7-10-21(17)22/h5-13H,14-16H2,1-4H3. The van der Waals surface area contributed by atoms with Gasteiger partial charge in [0.05, 0.1) is 12.2 Å². The summed E-state index contributed by atoms with van der Waals surface area (Å²) in [4.78, 5) is 11.4. The minimum absolute atomic E-state index is 0.0800. The van der Waals surface area contributed by atoms with Crippen LogP contribution in [0, 0.1) is 0 Å². The van der Waals surface area contributed by atoms with Crippen LogP contribution in [-0.4, -0.2) is 48.2 Å². The zero-order valence-corrected chi connectivity index (χ0v) is 19.5. The average Bonchev–Trinajstić information content (AvgIpc) is 3.01. The smallest absolute Gasteiger partial charge is 0.378 e. The molecule has 2 heterocycles. The molecule has 0 N–H and O–H groups in total. The maximum Gasteiger partial charge on any atom is 0.446 e. The second-order valence-corrected chi connectivity index (χ2v) is 10.1. The molecular weight excluding hydrogens is 433 g/mol. The molecule has 4 rings (SSSR count). The van der Waals surface area contributed by atoms with Crippen molar-refractivity contribution >= 4 is 34.0 Å². The highest BCUT2D eigenvalue weighted by molar-refractivity contribution is 8.00. The fourth-order valence-corrected chi connectivity index (χ4v) is 4.67. The van der Waals surface area contributed by atoms with Crippen LogP contribution >= 0.6 is 11.8 Å². The van der Waals surface area contributed by atoms with Crippen molar-refractivity contribution in [3.05, 3.63) is 60.3 Å². The number of rotatable bonds is 5. The first-order valence-corrected chi connectivity index (χ1v) is 11.2. The topological polar surface area (TPSA) is 22.6 Å². The molecule has 0 saturated carbocycles. The maximum atomic E-state index is 12.6. The van der Waals surface area contributed by atoms with Crippen LogP contribution in [0.1, 0.15) is 19.4 Å². The first kappa shape index (κ1) is 22.7. The van der Waals surface area contributed by atoms with Crippen LogP contribution in [0.5, 0.6) is 0 Å². The number of thioether (sulfide) groups is 1. The van der Waals surface area contributed by atoms with Gasteiger partial charge in [-0.05, 0) is 73.6 Å². The first-order chi connectivity index (χ1) is 15.0. The third-order valence-corrected chi connectivity index (χ3v) is 6.64. The summed E-state index contributed by atoms with van der Waals surface area (Å²) in [6.07, 6.45) is 1.86. The predicted molar refractivity (Wildman–Crippen MR) is 126 cm³/mol. The number of alkyl halides is 3. The minimum Gasteiger partial charge on any atom is -0.378 e. The van der Waals surface area contributed by atoms with Crippen LogP contribution in [0.3, 0.4) is 0 Å². The summed E-state index contributed by atoms with van der Waals surface area (Å²) in [7, 11) is 4.03. The largest absolute Gasteiger partial charge is 0.446 e. The van der Waals surface area contributed by atoms with E-state index in [1.165, 1.54) is 5.56 Å². The number of pyridine rings is 1. The van der Waals surface area contributed by atoms with Crippen LogP contribution in [0.15, 0.2) is 59.6 Å². The molecule has 32 heavy (non-hydrogen) atoms. The van der Waals surface area contributed by atoms with E-state index in [9.17, 15) is 13.2 Å². The van der Waals surface area contributed by atoms with Gasteiger partial charge in [-0.1, -0.05) is 6.07 Å². The van der Waals surface area contributed by atoms with Gasteiger partial charge in [-0.25, -0.2) is 0 Å². The van der Waals surface area contributed by atoms with E-state index in [1.54, 1.807) is 24.3 Å². The monoisotopic (exact) mass is 460 g/mol.